The first-order valence-electron chi connectivity index (χ1n) is 7.24. The number of aromatic nitrogens is 1. The van der Waals surface area contributed by atoms with Crippen LogP contribution in [0.4, 0.5) is 0 Å². The number of aromatic carboxylic acids is 1. The lowest BCUT2D eigenvalue weighted by atomic mass is 9.81. The molecule has 21 heavy (non-hydrogen) atoms. The van der Waals surface area contributed by atoms with Crippen molar-refractivity contribution in [3.8, 4) is 0 Å². The van der Waals surface area contributed by atoms with Crippen molar-refractivity contribution < 1.29 is 14.7 Å². The van der Waals surface area contributed by atoms with E-state index in [1.807, 2.05) is 0 Å². The first-order chi connectivity index (χ1) is 10.1. The number of hydrogen-bond acceptors (Lipinski definition) is 5. The molecule has 1 aromatic heterocycles. The summed E-state index contributed by atoms with van der Waals surface area (Å²) >= 11 is 1.32. The van der Waals surface area contributed by atoms with E-state index in [9.17, 15) is 9.59 Å². The lowest BCUT2D eigenvalue weighted by Gasteiger charge is -2.26. The van der Waals surface area contributed by atoms with Gasteiger partial charge in [-0.05, 0) is 19.4 Å². The molecule has 3 N–H and O–H groups in total. The predicted octanol–water partition coefficient (Wildman–Crippen LogP) is 1.28. The van der Waals surface area contributed by atoms with E-state index in [0.717, 1.165) is 37.4 Å². The van der Waals surface area contributed by atoms with Gasteiger partial charge in [-0.15, -0.1) is 11.3 Å². The van der Waals surface area contributed by atoms with Gasteiger partial charge in [-0.2, -0.15) is 0 Å². The molecule has 1 aliphatic heterocycles. The van der Waals surface area contributed by atoms with E-state index in [-0.39, 0.29) is 17.0 Å². The summed E-state index contributed by atoms with van der Waals surface area (Å²) in [6.45, 7) is 4.22. The van der Waals surface area contributed by atoms with Crippen LogP contribution in [0, 0.1) is 5.41 Å². The second-order valence-electron chi connectivity index (χ2n) is 5.39. The van der Waals surface area contributed by atoms with Crippen molar-refractivity contribution in [1.29, 1.82) is 0 Å². The fraction of sp³-hybridized carbons (Fsp3) is 0.643. The molecule has 0 bridgehead atoms. The van der Waals surface area contributed by atoms with Crippen molar-refractivity contribution in [2.24, 2.45) is 5.41 Å². The lowest BCUT2D eigenvalue weighted by Crippen LogP contribution is -2.43. The van der Waals surface area contributed by atoms with Gasteiger partial charge in [-0.25, -0.2) is 9.78 Å². The molecule has 116 valence electrons. The average Bonchev–Trinajstić information content (AvgIpc) is 3.09. The summed E-state index contributed by atoms with van der Waals surface area (Å²) < 4.78 is 0. The summed E-state index contributed by atoms with van der Waals surface area (Å²) in [6.07, 6.45) is 3.34. The number of carbonyl (C=O) groups is 2. The van der Waals surface area contributed by atoms with Crippen LogP contribution in [0.15, 0.2) is 5.38 Å². The molecule has 1 atom stereocenters. The summed E-state index contributed by atoms with van der Waals surface area (Å²) in [6, 6.07) is 0. The normalized spacial score (nSPS) is 21.4. The molecule has 2 heterocycles. The SMILES string of the molecule is CCCC1(C(=O)NCCc2nc(C(=O)O)cs2)CCNC1. The molecule has 0 aromatic carbocycles. The third kappa shape index (κ3) is 3.79. The minimum atomic E-state index is -1.01. The molecule has 0 aliphatic carbocycles. The van der Waals surface area contributed by atoms with Crippen molar-refractivity contribution >= 4 is 23.2 Å². The number of thiazole rings is 1. The Morgan fingerprint density at radius 3 is 2.95 bits per heavy atom. The highest BCUT2D eigenvalue weighted by molar-refractivity contribution is 7.09. The number of carboxylic acid groups (broad SMARTS) is 1. The highest BCUT2D eigenvalue weighted by atomic mass is 32.1. The van der Waals surface area contributed by atoms with Crippen LogP contribution in [0.5, 0.6) is 0 Å². The molecule has 2 rings (SSSR count). The van der Waals surface area contributed by atoms with Crippen molar-refractivity contribution in [1.82, 2.24) is 15.6 Å². The standard InChI is InChI=1S/C14H21N3O3S/c1-2-4-14(5-7-15-9-14)13(20)16-6-3-11-17-10(8-21-11)12(18)19/h8,15H,2-7,9H2,1H3,(H,16,20)(H,18,19). The van der Waals surface area contributed by atoms with Crippen LogP contribution in [0.1, 0.15) is 41.7 Å². The Kier molecular flexibility index (Phi) is 5.30. The van der Waals surface area contributed by atoms with E-state index in [1.54, 1.807) is 0 Å². The van der Waals surface area contributed by atoms with Gasteiger partial charge in [0.25, 0.3) is 0 Å². The molecule has 6 nitrogen and oxygen atoms in total. The van der Waals surface area contributed by atoms with Crippen LogP contribution in [0.25, 0.3) is 0 Å². The zero-order chi connectivity index (χ0) is 15.3. The van der Waals surface area contributed by atoms with E-state index in [1.165, 1.54) is 16.7 Å². The second-order valence-corrected chi connectivity index (χ2v) is 6.34. The Balaban J connectivity index is 1.84. The van der Waals surface area contributed by atoms with Crippen LogP contribution in [0.2, 0.25) is 0 Å². The van der Waals surface area contributed by atoms with Crippen LogP contribution in [-0.2, 0) is 11.2 Å². The van der Waals surface area contributed by atoms with Crippen LogP contribution < -0.4 is 10.6 Å². The van der Waals surface area contributed by atoms with Crippen molar-refractivity contribution in [2.75, 3.05) is 19.6 Å². The van der Waals surface area contributed by atoms with Gasteiger partial charge in [0, 0.05) is 24.9 Å². The van der Waals surface area contributed by atoms with Gasteiger partial charge < -0.3 is 15.7 Å². The fourth-order valence-electron chi connectivity index (χ4n) is 2.74. The molecule has 1 aromatic rings. The highest BCUT2D eigenvalue weighted by Gasteiger charge is 2.39. The molecule has 1 saturated heterocycles. The van der Waals surface area contributed by atoms with Crippen LogP contribution in [-0.4, -0.2) is 41.6 Å². The maximum Gasteiger partial charge on any atom is 0.355 e. The monoisotopic (exact) mass is 311 g/mol. The number of amides is 1. The zero-order valence-corrected chi connectivity index (χ0v) is 13.0. The van der Waals surface area contributed by atoms with E-state index in [2.05, 4.69) is 22.5 Å². The van der Waals surface area contributed by atoms with Gasteiger partial charge in [0.15, 0.2) is 5.69 Å². The van der Waals surface area contributed by atoms with Crippen molar-refractivity contribution in [3.63, 3.8) is 0 Å². The van der Waals surface area contributed by atoms with E-state index >= 15 is 0 Å². The summed E-state index contributed by atoms with van der Waals surface area (Å²) in [5, 5.41) is 17.3. The number of carbonyl (C=O) groups excluding carboxylic acids is 1. The van der Waals surface area contributed by atoms with Gasteiger partial charge in [0.05, 0.1) is 10.4 Å². The Labute approximate surface area is 128 Å². The molecule has 1 aliphatic rings. The quantitative estimate of drug-likeness (QED) is 0.705. The predicted molar refractivity (Wildman–Crippen MR) is 80.6 cm³/mol. The van der Waals surface area contributed by atoms with Gasteiger partial charge in [0.2, 0.25) is 5.91 Å². The Hall–Kier alpha value is -1.47. The van der Waals surface area contributed by atoms with Crippen molar-refractivity contribution in [2.45, 2.75) is 32.6 Å². The second kappa shape index (κ2) is 7.00. The largest absolute Gasteiger partial charge is 0.476 e. The topological polar surface area (TPSA) is 91.3 Å². The van der Waals surface area contributed by atoms with Crippen LogP contribution in [0.3, 0.4) is 0 Å². The lowest BCUT2D eigenvalue weighted by molar-refractivity contribution is -0.130. The van der Waals surface area contributed by atoms with E-state index in [0.29, 0.717) is 13.0 Å². The minimum Gasteiger partial charge on any atom is -0.476 e. The maximum absolute atomic E-state index is 12.4. The molecular formula is C14H21N3O3S. The first-order valence-corrected chi connectivity index (χ1v) is 8.12. The molecule has 1 fully saturated rings. The number of nitrogens with one attached hydrogen (secondary N) is 2. The Morgan fingerprint density at radius 2 is 2.38 bits per heavy atom. The number of carboxylic acids is 1. The van der Waals surface area contributed by atoms with Crippen molar-refractivity contribution in [3.05, 3.63) is 16.1 Å². The molecule has 0 spiro atoms. The Bertz CT molecular complexity index is 509. The number of rotatable bonds is 7. The smallest absolute Gasteiger partial charge is 0.355 e. The van der Waals surface area contributed by atoms with E-state index in [4.69, 9.17) is 5.11 Å². The number of nitrogens with zero attached hydrogens (tertiary/aromatic N) is 1. The molecule has 1 unspecified atom stereocenters. The Morgan fingerprint density at radius 1 is 1.57 bits per heavy atom. The molecule has 1 amide bonds. The summed E-state index contributed by atoms with van der Waals surface area (Å²) in [7, 11) is 0. The summed E-state index contributed by atoms with van der Waals surface area (Å²) in [5.41, 5.74) is -0.201. The zero-order valence-electron chi connectivity index (χ0n) is 12.1. The average molecular weight is 311 g/mol. The van der Waals surface area contributed by atoms with Gasteiger partial charge in [0.1, 0.15) is 0 Å². The molecule has 0 saturated carbocycles. The van der Waals surface area contributed by atoms with E-state index < -0.39 is 5.97 Å². The number of hydrogen-bond donors (Lipinski definition) is 3. The molecule has 0 radical (unpaired) electrons. The first kappa shape index (κ1) is 15.9. The third-order valence-electron chi connectivity index (χ3n) is 3.85. The molecule has 7 heteroatoms. The summed E-state index contributed by atoms with van der Waals surface area (Å²) in [4.78, 5) is 27.2. The van der Waals surface area contributed by atoms with Gasteiger partial charge >= 0.3 is 5.97 Å². The highest BCUT2D eigenvalue weighted by Crippen LogP contribution is 2.31. The third-order valence-corrected chi connectivity index (χ3v) is 4.76. The summed E-state index contributed by atoms with van der Waals surface area (Å²) in [5.74, 6) is -0.912. The van der Waals surface area contributed by atoms with Gasteiger partial charge in [-0.1, -0.05) is 13.3 Å². The minimum absolute atomic E-state index is 0.0729. The maximum atomic E-state index is 12.4. The van der Waals surface area contributed by atoms with Crippen LogP contribution >= 0.6 is 11.3 Å². The molecular weight excluding hydrogens is 290 g/mol. The van der Waals surface area contributed by atoms with Gasteiger partial charge in [-0.3, -0.25) is 4.79 Å². The fourth-order valence-corrected chi connectivity index (χ4v) is 3.51.